The molecule has 1 saturated heterocycles. The molecule has 2 aromatic heterocycles. The van der Waals surface area contributed by atoms with Crippen LogP contribution in [0.3, 0.4) is 0 Å². The molecule has 1 amide bonds. The van der Waals surface area contributed by atoms with Crippen LogP contribution < -0.4 is 4.74 Å². The second-order valence-corrected chi connectivity index (χ2v) is 5.24. The predicted octanol–water partition coefficient (Wildman–Crippen LogP) is 2.18. The molecule has 9 heteroatoms. The van der Waals surface area contributed by atoms with E-state index in [4.69, 9.17) is 4.74 Å². The molecule has 126 valence electrons. The molecule has 1 fully saturated rings. The number of amides is 1. The van der Waals surface area contributed by atoms with Gasteiger partial charge < -0.3 is 9.64 Å². The topological polar surface area (TPSA) is 68.2 Å². The van der Waals surface area contributed by atoms with Crippen LogP contribution in [-0.4, -0.2) is 45.0 Å². The van der Waals surface area contributed by atoms with Crippen molar-refractivity contribution in [3.63, 3.8) is 0 Å². The largest absolute Gasteiger partial charge is 0.458 e. The van der Waals surface area contributed by atoms with E-state index in [2.05, 4.69) is 15.0 Å². The third-order valence-corrected chi connectivity index (χ3v) is 3.55. The number of aromatic nitrogens is 3. The van der Waals surface area contributed by atoms with Gasteiger partial charge in [-0.1, -0.05) is 0 Å². The summed E-state index contributed by atoms with van der Waals surface area (Å²) in [6.45, 7) is 0.759. The monoisotopic (exact) mass is 338 g/mol. The second kappa shape index (κ2) is 6.42. The summed E-state index contributed by atoms with van der Waals surface area (Å²) in [6.07, 6.45) is -0.136. The van der Waals surface area contributed by atoms with E-state index in [0.29, 0.717) is 19.5 Å². The quantitative estimate of drug-likeness (QED) is 0.858. The van der Waals surface area contributed by atoms with Crippen molar-refractivity contribution in [2.24, 2.45) is 0 Å². The zero-order valence-electron chi connectivity index (χ0n) is 12.4. The highest BCUT2D eigenvalue weighted by Gasteiger charge is 2.33. The van der Waals surface area contributed by atoms with Crippen LogP contribution in [0.1, 0.15) is 22.5 Å². The van der Waals surface area contributed by atoms with E-state index in [9.17, 15) is 18.0 Å². The van der Waals surface area contributed by atoms with E-state index in [1.54, 1.807) is 18.5 Å². The number of rotatable bonds is 3. The highest BCUT2D eigenvalue weighted by molar-refractivity contribution is 5.94. The maximum atomic E-state index is 12.5. The molecule has 0 aliphatic carbocycles. The Hall–Kier alpha value is -2.71. The molecule has 3 rings (SSSR count). The molecule has 3 heterocycles. The van der Waals surface area contributed by atoms with Crippen LogP contribution in [0.4, 0.5) is 13.2 Å². The van der Waals surface area contributed by atoms with Crippen molar-refractivity contribution < 1.29 is 22.7 Å². The number of carbonyl (C=O) groups is 1. The van der Waals surface area contributed by atoms with Crippen LogP contribution in [0, 0.1) is 0 Å². The Labute approximate surface area is 135 Å². The molecule has 0 spiro atoms. The third-order valence-electron chi connectivity index (χ3n) is 3.55. The maximum Gasteiger partial charge on any atom is 0.433 e. The predicted molar refractivity (Wildman–Crippen MR) is 76.2 cm³/mol. The van der Waals surface area contributed by atoms with Crippen molar-refractivity contribution in [3.05, 3.63) is 48.0 Å². The van der Waals surface area contributed by atoms with Gasteiger partial charge in [0, 0.05) is 31.6 Å². The number of hydrogen-bond acceptors (Lipinski definition) is 5. The Morgan fingerprint density at radius 1 is 1.21 bits per heavy atom. The molecule has 1 atom stereocenters. The van der Waals surface area contributed by atoms with Crippen molar-refractivity contribution in [1.29, 1.82) is 0 Å². The summed E-state index contributed by atoms with van der Waals surface area (Å²) in [6, 6.07) is 3.82. The third kappa shape index (κ3) is 3.61. The minimum Gasteiger partial charge on any atom is -0.458 e. The lowest BCUT2D eigenvalue weighted by molar-refractivity contribution is -0.141. The number of nitrogens with zero attached hydrogens (tertiary/aromatic N) is 4. The highest BCUT2D eigenvalue weighted by atomic mass is 19.4. The molecule has 0 unspecified atom stereocenters. The molecule has 0 aromatic carbocycles. The Morgan fingerprint density at radius 3 is 2.58 bits per heavy atom. The summed E-state index contributed by atoms with van der Waals surface area (Å²) >= 11 is 0. The lowest BCUT2D eigenvalue weighted by Crippen LogP contribution is -2.31. The fourth-order valence-corrected chi connectivity index (χ4v) is 2.37. The summed E-state index contributed by atoms with van der Waals surface area (Å²) in [5, 5.41) is 0. The van der Waals surface area contributed by atoms with Gasteiger partial charge in [0.2, 0.25) is 0 Å². The summed E-state index contributed by atoms with van der Waals surface area (Å²) < 4.78 is 43.1. The Morgan fingerprint density at radius 2 is 1.96 bits per heavy atom. The van der Waals surface area contributed by atoms with Crippen LogP contribution in [-0.2, 0) is 6.18 Å². The van der Waals surface area contributed by atoms with Gasteiger partial charge in [-0.15, -0.1) is 0 Å². The maximum absolute atomic E-state index is 12.5. The lowest BCUT2D eigenvalue weighted by atomic mass is 10.2. The van der Waals surface area contributed by atoms with Crippen LogP contribution in [0.5, 0.6) is 6.01 Å². The average Bonchev–Trinajstić information content (AvgIpc) is 3.03. The first kappa shape index (κ1) is 16.2. The molecule has 0 saturated carbocycles. The fraction of sp³-hybridized carbons (Fsp3) is 0.333. The number of carbonyl (C=O) groups excluding carboxylic acids is 1. The number of pyridine rings is 1. The number of halogens is 3. The van der Waals surface area contributed by atoms with Gasteiger partial charge in [0.25, 0.3) is 5.91 Å². The van der Waals surface area contributed by atoms with Gasteiger partial charge in [0.1, 0.15) is 11.8 Å². The summed E-state index contributed by atoms with van der Waals surface area (Å²) in [7, 11) is 0. The van der Waals surface area contributed by atoms with E-state index in [1.807, 2.05) is 0 Å². The van der Waals surface area contributed by atoms with Gasteiger partial charge in [-0.05, 0) is 18.2 Å². The Bertz CT molecular complexity index is 707. The van der Waals surface area contributed by atoms with Gasteiger partial charge in [0.15, 0.2) is 0 Å². The minimum absolute atomic E-state index is 0.111. The van der Waals surface area contributed by atoms with Crippen LogP contribution in [0.15, 0.2) is 36.8 Å². The normalized spacial score (nSPS) is 17.8. The first-order chi connectivity index (χ1) is 11.4. The summed E-state index contributed by atoms with van der Waals surface area (Å²) in [5.74, 6) is -0.378. The molecule has 2 aromatic rings. The summed E-state index contributed by atoms with van der Waals surface area (Å²) in [5.41, 5.74) is -0.914. The molecule has 6 nitrogen and oxygen atoms in total. The molecule has 0 bridgehead atoms. The molecule has 24 heavy (non-hydrogen) atoms. The van der Waals surface area contributed by atoms with E-state index in [-0.39, 0.29) is 23.6 Å². The van der Waals surface area contributed by atoms with E-state index in [0.717, 1.165) is 18.3 Å². The number of ether oxygens (including phenoxy) is 1. The van der Waals surface area contributed by atoms with Crippen molar-refractivity contribution in [3.8, 4) is 6.01 Å². The fourth-order valence-electron chi connectivity index (χ4n) is 2.37. The van der Waals surface area contributed by atoms with E-state index >= 15 is 0 Å². The smallest absolute Gasteiger partial charge is 0.433 e. The minimum atomic E-state index is -4.52. The molecule has 1 aliphatic heterocycles. The van der Waals surface area contributed by atoms with E-state index < -0.39 is 11.9 Å². The second-order valence-electron chi connectivity index (χ2n) is 5.24. The molecule has 0 N–H and O–H groups in total. The zero-order chi connectivity index (χ0) is 17.2. The van der Waals surface area contributed by atoms with E-state index in [1.165, 1.54) is 4.90 Å². The first-order valence-corrected chi connectivity index (χ1v) is 7.19. The van der Waals surface area contributed by atoms with Crippen molar-refractivity contribution in [1.82, 2.24) is 19.9 Å². The van der Waals surface area contributed by atoms with Crippen LogP contribution in [0.25, 0.3) is 0 Å². The summed E-state index contributed by atoms with van der Waals surface area (Å²) in [4.78, 5) is 25.0. The molecule has 0 radical (unpaired) electrons. The molecular weight excluding hydrogens is 325 g/mol. The highest BCUT2D eigenvalue weighted by Crippen LogP contribution is 2.27. The Balaban J connectivity index is 1.62. The SMILES string of the molecule is O=C(c1ccc(C(F)(F)F)nc1)N1CC[C@@H](Oc2ncccn2)C1. The molecule has 1 aliphatic rings. The van der Waals surface area contributed by atoms with Gasteiger partial charge in [-0.2, -0.15) is 13.2 Å². The van der Waals surface area contributed by atoms with Gasteiger partial charge in [0.05, 0.1) is 12.1 Å². The van der Waals surface area contributed by atoms with Gasteiger partial charge in [-0.25, -0.2) is 9.97 Å². The number of likely N-dealkylation sites (tertiary alicyclic amines) is 1. The number of alkyl halides is 3. The standard InChI is InChI=1S/C15H13F3N4O2/c16-15(17,18)12-3-2-10(8-21-12)13(23)22-7-4-11(9-22)24-14-19-5-1-6-20-14/h1-3,5-6,8,11H,4,7,9H2/t11-/m1/s1. The lowest BCUT2D eigenvalue weighted by Gasteiger charge is -2.16. The molecular formula is C15H13F3N4O2. The first-order valence-electron chi connectivity index (χ1n) is 7.19. The van der Waals surface area contributed by atoms with Crippen molar-refractivity contribution in [2.75, 3.05) is 13.1 Å². The zero-order valence-corrected chi connectivity index (χ0v) is 12.4. The van der Waals surface area contributed by atoms with Gasteiger partial charge in [-0.3, -0.25) is 9.78 Å². The van der Waals surface area contributed by atoms with Gasteiger partial charge >= 0.3 is 12.2 Å². The number of hydrogen-bond donors (Lipinski definition) is 0. The van der Waals surface area contributed by atoms with Crippen LogP contribution >= 0.6 is 0 Å². The Kier molecular flexibility index (Phi) is 4.32. The van der Waals surface area contributed by atoms with Crippen molar-refractivity contribution in [2.45, 2.75) is 18.7 Å². The van der Waals surface area contributed by atoms with Crippen molar-refractivity contribution >= 4 is 5.91 Å². The van der Waals surface area contributed by atoms with Crippen LogP contribution in [0.2, 0.25) is 0 Å². The average molecular weight is 338 g/mol.